The first-order chi connectivity index (χ1) is 12.9. The molecule has 0 spiro atoms. The van der Waals surface area contributed by atoms with Crippen LogP contribution in [0.15, 0.2) is 58.7 Å². The van der Waals surface area contributed by atoms with Crippen LogP contribution in [0.2, 0.25) is 0 Å². The summed E-state index contributed by atoms with van der Waals surface area (Å²) < 4.78 is 11.5. The Bertz CT molecular complexity index is 773. The van der Waals surface area contributed by atoms with Gasteiger partial charge in [0, 0.05) is 0 Å². The zero-order chi connectivity index (χ0) is 20.1. The lowest BCUT2D eigenvalue weighted by molar-refractivity contribution is -0.742. The van der Waals surface area contributed by atoms with Crippen molar-refractivity contribution in [1.29, 1.82) is 0 Å². The highest BCUT2D eigenvalue weighted by atomic mass is 16.9. The number of guanidine groups is 1. The summed E-state index contributed by atoms with van der Waals surface area (Å²) in [6.45, 7) is 2.93. The van der Waals surface area contributed by atoms with Gasteiger partial charge >= 0.3 is 0 Å². The quantitative estimate of drug-likeness (QED) is 0.288. The molecule has 0 aliphatic heterocycles. The van der Waals surface area contributed by atoms with Crippen molar-refractivity contribution in [3.63, 3.8) is 0 Å². The van der Waals surface area contributed by atoms with Crippen LogP contribution in [0.25, 0.3) is 0 Å². The van der Waals surface area contributed by atoms with Gasteiger partial charge in [-0.1, -0.05) is 30.3 Å². The van der Waals surface area contributed by atoms with Crippen LogP contribution < -0.4 is 20.9 Å². The minimum Gasteiger partial charge on any atom is -0.490 e. The molecular weight excluding hydrogens is 354 g/mol. The van der Waals surface area contributed by atoms with E-state index in [1.807, 2.05) is 55.5 Å². The molecule has 0 amide bonds. The van der Waals surface area contributed by atoms with Gasteiger partial charge in [0.05, 0.1) is 12.8 Å². The summed E-state index contributed by atoms with van der Waals surface area (Å²) in [5.41, 5.74) is 12.3. The third-order valence-electron chi connectivity index (χ3n) is 2.88. The fraction of sp³-hybridized carbons (Fsp3) is 0.176. The van der Waals surface area contributed by atoms with Gasteiger partial charge in [-0.3, -0.25) is 0 Å². The van der Waals surface area contributed by atoms with E-state index in [1.165, 1.54) is 0 Å². The highest BCUT2D eigenvalue weighted by molar-refractivity contribution is 5.82. The van der Waals surface area contributed by atoms with Crippen molar-refractivity contribution in [2.75, 3.05) is 6.61 Å². The molecule has 0 radical (unpaired) electrons. The maximum atomic E-state index is 8.36. The number of hydrogen-bond donors (Lipinski definition) is 3. The van der Waals surface area contributed by atoms with Crippen LogP contribution in [0.5, 0.6) is 11.5 Å². The summed E-state index contributed by atoms with van der Waals surface area (Å²) in [6.07, 6.45) is 1.54. The van der Waals surface area contributed by atoms with Crippen molar-refractivity contribution < 1.29 is 19.8 Å². The molecule has 0 aliphatic rings. The Labute approximate surface area is 155 Å². The molecule has 27 heavy (non-hydrogen) atoms. The maximum absolute atomic E-state index is 8.36. The Morgan fingerprint density at radius 1 is 1.19 bits per heavy atom. The number of nitrogens with two attached hydrogens (primary N) is 2. The summed E-state index contributed by atoms with van der Waals surface area (Å²) in [4.78, 5) is 8.36. The van der Waals surface area contributed by atoms with Crippen LogP contribution in [0, 0.1) is 10.1 Å². The standard InChI is InChI=1S/C17H20N4O2.HNO3/c1-2-22-16-10-14(11-20-21-17(18)19)8-9-15(16)23-12-13-6-4-3-5-7-13;2-1(3)4/h3-11H,2,12H2,1H3,(H4,18,19,21);(H,2,3,4)/b20-11+;. The second-order valence-electron chi connectivity index (χ2n) is 4.92. The van der Waals surface area contributed by atoms with Crippen LogP contribution >= 0.6 is 0 Å². The fourth-order valence-corrected chi connectivity index (χ4v) is 1.89. The molecule has 2 rings (SSSR count). The monoisotopic (exact) mass is 375 g/mol. The predicted octanol–water partition coefficient (Wildman–Crippen LogP) is 1.92. The van der Waals surface area contributed by atoms with Gasteiger partial charge in [-0.15, -0.1) is 15.2 Å². The molecule has 2 aromatic carbocycles. The summed E-state index contributed by atoms with van der Waals surface area (Å²) in [5, 5.41) is 21.0. The number of benzene rings is 2. The molecule has 5 N–H and O–H groups in total. The van der Waals surface area contributed by atoms with E-state index < -0.39 is 5.09 Å². The Hall–Kier alpha value is -3.82. The molecule has 10 nitrogen and oxygen atoms in total. The highest BCUT2D eigenvalue weighted by Gasteiger charge is 2.06. The molecule has 0 unspecified atom stereocenters. The average molecular weight is 375 g/mol. The molecule has 0 saturated heterocycles. The van der Waals surface area contributed by atoms with Gasteiger partial charge in [0.1, 0.15) is 6.61 Å². The largest absolute Gasteiger partial charge is 0.490 e. The molecule has 10 heteroatoms. The van der Waals surface area contributed by atoms with Crippen LogP contribution in [0.3, 0.4) is 0 Å². The maximum Gasteiger partial charge on any atom is 0.291 e. The average Bonchev–Trinajstić information content (AvgIpc) is 2.61. The van der Waals surface area contributed by atoms with Gasteiger partial charge in [-0.2, -0.15) is 5.10 Å². The van der Waals surface area contributed by atoms with Gasteiger partial charge in [0.2, 0.25) is 5.96 Å². The molecule has 0 fully saturated rings. The molecule has 0 saturated carbocycles. The first-order valence-corrected chi connectivity index (χ1v) is 7.81. The lowest BCUT2D eigenvalue weighted by Crippen LogP contribution is -2.21. The zero-order valence-corrected chi connectivity index (χ0v) is 14.7. The lowest BCUT2D eigenvalue weighted by atomic mass is 10.2. The fourth-order valence-electron chi connectivity index (χ4n) is 1.89. The van der Waals surface area contributed by atoms with Crippen molar-refractivity contribution in [3.8, 4) is 11.5 Å². The summed E-state index contributed by atoms with van der Waals surface area (Å²) >= 11 is 0. The molecule has 144 valence electrons. The van der Waals surface area contributed by atoms with E-state index in [1.54, 1.807) is 6.21 Å². The Balaban J connectivity index is 0.000000828. The lowest BCUT2D eigenvalue weighted by Gasteiger charge is -2.12. The molecular formula is C17H21N5O5. The van der Waals surface area contributed by atoms with Gasteiger partial charge in [0.15, 0.2) is 11.5 Å². The summed E-state index contributed by atoms with van der Waals surface area (Å²) in [5.74, 6) is 1.24. The van der Waals surface area contributed by atoms with Crippen LogP contribution in [-0.2, 0) is 6.61 Å². The topological polar surface area (TPSA) is 159 Å². The van der Waals surface area contributed by atoms with Gasteiger partial charge in [-0.05, 0) is 36.2 Å². The second kappa shape index (κ2) is 11.7. The highest BCUT2D eigenvalue weighted by Crippen LogP contribution is 2.28. The Morgan fingerprint density at radius 2 is 1.85 bits per heavy atom. The second-order valence-corrected chi connectivity index (χ2v) is 4.92. The molecule has 2 aromatic rings. The van der Waals surface area contributed by atoms with Crippen LogP contribution in [0.1, 0.15) is 18.1 Å². The van der Waals surface area contributed by atoms with E-state index in [2.05, 4.69) is 10.2 Å². The van der Waals surface area contributed by atoms with E-state index in [-0.39, 0.29) is 5.96 Å². The van der Waals surface area contributed by atoms with Gasteiger partial charge in [-0.25, -0.2) is 0 Å². The van der Waals surface area contributed by atoms with Crippen molar-refractivity contribution in [3.05, 3.63) is 69.8 Å². The molecule has 0 aromatic heterocycles. The van der Waals surface area contributed by atoms with E-state index >= 15 is 0 Å². The Morgan fingerprint density at radius 3 is 2.44 bits per heavy atom. The van der Waals surface area contributed by atoms with E-state index in [4.69, 9.17) is 36.3 Å². The van der Waals surface area contributed by atoms with Crippen LogP contribution in [0.4, 0.5) is 0 Å². The van der Waals surface area contributed by atoms with E-state index in [0.717, 1.165) is 11.1 Å². The number of hydrogen-bond acceptors (Lipinski definition) is 6. The van der Waals surface area contributed by atoms with E-state index in [0.29, 0.717) is 24.7 Å². The van der Waals surface area contributed by atoms with Gasteiger partial charge < -0.3 is 26.1 Å². The predicted molar refractivity (Wildman–Crippen MR) is 101 cm³/mol. The van der Waals surface area contributed by atoms with Gasteiger partial charge in [0.25, 0.3) is 5.09 Å². The van der Waals surface area contributed by atoms with Crippen molar-refractivity contribution in [1.82, 2.24) is 0 Å². The molecule has 0 atom stereocenters. The number of ether oxygens (including phenoxy) is 2. The van der Waals surface area contributed by atoms with E-state index in [9.17, 15) is 0 Å². The number of nitrogens with zero attached hydrogens (tertiary/aromatic N) is 3. The third-order valence-corrected chi connectivity index (χ3v) is 2.88. The SMILES string of the molecule is CCOc1cc(/C=N/N=C(N)N)ccc1OCc1ccccc1.O=[N+]([O-])O. The molecule has 0 heterocycles. The summed E-state index contributed by atoms with van der Waals surface area (Å²) in [7, 11) is 0. The first kappa shape index (κ1) is 21.2. The summed E-state index contributed by atoms with van der Waals surface area (Å²) in [6, 6.07) is 15.5. The smallest absolute Gasteiger partial charge is 0.291 e. The van der Waals surface area contributed by atoms with Crippen molar-refractivity contribution in [2.24, 2.45) is 21.7 Å². The third kappa shape index (κ3) is 9.29. The van der Waals surface area contributed by atoms with Crippen molar-refractivity contribution >= 4 is 12.2 Å². The first-order valence-electron chi connectivity index (χ1n) is 7.81. The normalized spacial score (nSPS) is 9.81. The zero-order valence-electron chi connectivity index (χ0n) is 14.7. The van der Waals surface area contributed by atoms with Crippen LogP contribution in [-0.4, -0.2) is 29.1 Å². The molecule has 0 aliphatic carbocycles. The molecule has 0 bridgehead atoms. The van der Waals surface area contributed by atoms with Crippen molar-refractivity contribution in [2.45, 2.75) is 13.5 Å². The Kier molecular flexibility index (Phi) is 9.19. The minimum absolute atomic E-state index is 0.0888. The number of rotatable bonds is 7. The minimum atomic E-state index is -1.50.